The fourth-order valence-corrected chi connectivity index (χ4v) is 2.31. The van der Waals surface area contributed by atoms with E-state index in [9.17, 15) is 0 Å². The maximum absolute atomic E-state index is 5.98. The van der Waals surface area contributed by atoms with E-state index >= 15 is 0 Å². The van der Waals surface area contributed by atoms with Crippen LogP contribution in [0.5, 0.6) is 0 Å². The minimum atomic E-state index is 0.619. The van der Waals surface area contributed by atoms with Crippen molar-refractivity contribution in [2.75, 3.05) is 6.54 Å². The van der Waals surface area contributed by atoms with Crippen molar-refractivity contribution in [3.8, 4) is 11.3 Å². The van der Waals surface area contributed by atoms with Gasteiger partial charge in [0.05, 0.1) is 6.54 Å². The third kappa shape index (κ3) is 3.52. The Morgan fingerprint density at radius 1 is 1.11 bits per heavy atom. The summed E-state index contributed by atoms with van der Waals surface area (Å²) in [6.45, 7) is 4.14. The molecular formula is C14H16Cl2NO+. The highest BCUT2D eigenvalue weighted by Crippen LogP contribution is 2.28. The minimum absolute atomic E-state index is 0.619. The highest BCUT2D eigenvalue weighted by Gasteiger charge is 2.07. The number of rotatable bonds is 5. The van der Waals surface area contributed by atoms with Gasteiger partial charge < -0.3 is 9.73 Å². The molecule has 1 aromatic carbocycles. The van der Waals surface area contributed by atoms with Crippen molar-refractivity contribution in [2.24, 2.45) is 0 Å². The fraction of sp³-hybridized carbons (Fsp3) is 0.286. The van der Waals surface area contributed by atoms with E-state index in [0.717, 1.165) is 36.6 Å². The van der Waals surface area contributed by atoms with E-state index in [4.69, 9.17) is 27.6 Å². The summed E-state index contributed by atoms with van der Waals surface area (Å²) in [6, 6.07) is 9.37. The van der Waals surface area contributed by atoms with Crippen LogP contribution < -0.4 is 5.32 Å². The van der Waals surface area contributed by atoms with Crippen molar-refractivity contribution in [1.29, 1.82) is 0 Å². The first-order valence-electron chi connectivity index (χ1n) is 6.06. The van der Waals surface area contributed by atoms with E-state index in [-0.39, 0.29) is 0 Å². The molecule has 0 spiro atoms. The number of quaternary nitrogens is 1. The van der Waals surface area contributed by atoms with Crippen LogP contribution in [-0.4, -0.2) is 6.54 Å². The number of nitrogens with two attached hydrogens (primary N) is 1. The zero-order valence-corrected chi connectivity index (χ0v) is 11.8. The van der Waals surface area contributed by atoms with Crippen molar-refractivity contribution < 1.29 is 9.73 Å². The molecule has 0 aliphatic rings. The SMILES string of the molecule is CCC[NH2+]Cc1ccc(-c2cc(Cl)cc(Cl)c2)o1. The molecule has 0 saturated heterocycles. The van der Waals surface area contributed by atoms with Gasteiger partial charge in [0.15, 0.2) is 5.76 Å². The van der Waals surface area contributed by atoms with E-state index in [1.54, 1.807) is 6.07 Å². The van der Waals surface area contributed by atoms with Crippen LogP contribution >= 0.6 is 23.2 Å². The van der Waals surface area contributed by atoms with Gasteiger partial charge in [-0.2, -0.15) is 0 Å². The summed E-state index contributed by atoms with van der Waals surface area (Å²) in [5.41, 5.74) is 0.911. The molecule has 0 unspecified atom stereocenters. The van der Waals surface area contributed by atoms with Crippen LogP contribution in [0.2, 0.25) is 10.0 Å². The van der Waals surface area contributed by atoms with Crippen LogP contribution in [0.3, 0.4) is 0 Å². The lowest BCUT2D eigenvalue weighted by Crippen LogP contribution is -2.82. The summed E-state index contributed by atoms with van der Waals surface area (Å²) in [5, 5.41) is 3.47. The van der Waals surface area contributed by atoms with E-state index in [2.05, 4.69) is 12.2 Å². The number of hydrogen-bond acceptors (Lipinski definition) is 1. The molecule has 2 rings (SSSR count). The lowest BCUT2D eigenvalue weighted by Gasteiger charge is -2.00. The molecule has 0 radical (unpaired) electrons. The van der Waals surface area contributed by atoms with E-state index in [1.165, 1.54) is 0 Å². The number of furan rings is 1. The van der Waals surface area contributed by atoms with Crippen LogP contribution in [0.15, 0.2) is 34.7 Å². The molecule has 0 fully saturated rings. The van der Waals surface area contributed by atoms with Crippen molar-refractivity contribution in [3.63, 3.8) is 0 Å². The standard InChI is InChI=1S/C14H15Cl2NO/c1-2-5-17-9-13-3-4-14(18-13)10-6-11(15)8-12(16)7-10/h3-4,6-8,17H,2,5,9H2,1H3/p+1. The first kappa shape index (κ1) is 13.5. The predicted molar refractivity (Wildman–Crippen MR) is 75.0 cm³/mol. The van der Waals surface area contributed by atoms with Crippen LogP contribution in [0.1, 0.15) is 19.1 Å². The van der Waals surface area contributed by atoms with E-state index < -0.39 is 0 Å². The number of halogens is 2. The molecule has 2 aromatic rings. The summed E-state index contributed by atoms with van der Waals surface area (Å²) in [5.74, 6) is 1.77. The normalized spacial score (nSPS) is 10.8. The van der Waals surface area contributed by atoms with Crippen molar-refractivity contribution >= 4 is 23.2 Å². The number of hydrogen-bond donors (Lipinski definition) is 1. The second kappa shape index (κ2) is 6.28. The zero-order chi connectivity index (χ0) is 13.0. The molecule has 1 aromatic heterocycles. The Kier molecular flexibility index (Phi) is 4.70. The second-order valence-corrected chi connectivity index (χ2v) is 5.08. The average Bonchev–Trinajstić information content (AvgIpc) is 2.77. The molecule has 0 aliphatic carbocycles. The highest BCUT2D eigenvalue weighted by molar-refractivity contribution is 6.35. The Bertz CT molecular complexity index is 502. The summed E-state index contributed by atoms with van der Waals surface area (Å²) >= 11 is 12.0. The van der Waals surface area contributed by atoms with Crippen molar-refractivity contribution in [3.05, 3.63) is 46.1 Å². The molecule has 18 heavy (non-hydrogen) atoms. The smallest absolute Gasteiger partial charge is 0.158 e. The van der Waals surface area contributed by atoms with Gasteiger partial charge in [0.2, 0.25) is 0 Å². The quantitative estimate of drug-likeness (QED) is 0.833. The molecule has 4 heteroatoms. The first-order valence-corrected chi connectivity index (χ1v) is 6.81. The van der Waals surface area contributed by atoms with Gasteiger partial charge in [0.1, 0.15) is 12.3 Å². The molecule has 96 valence electrons. The largest absolute Gasteiger partial charge is 0.455 e. The molecule has 1 heterocycles. The molecule has 0 bridgehead atoms. The second-order valence-electron chi connectivity index (χ2n) is 4.21. The zero-order valence-electron chi connectivity index (χ0n) is 10.2. The topological polar surface area (TPSA) is 29.8 Å². The van der Waals surface area contributed by atoms with Gasteiger partial charge in [0, 0.05) is 15.6 Å². The lowest BCUT2D eigenvalue weighted by atomic mass is 10.2. The third-order valence-corrected chi connectivity index (χ3v) is 3.08. The van der Waals surface area contributed by atoms with Gasteiger partial charge in [-0.05, 0) is 36.8 Å². The Hall–Kier alpha value is -0.960. The first-order chi connectivity index (χ1) is 8.69. The summed E-state index contributed by atoms with van der Waals surface area (Å²) in [6.07, 6.45) is 1.16. The fourth-order valence-electron chi connectivity index (χ4n) is 1.79. The van der Waals surface area contributed by atoms with Gasteiger partial charge in [0.25, 0.3) is 0 Å². The average molecular weight is 285 g/mol. The van der Waals surface area contributed by atoms with Gasteiger partial charge in [-0.15, -0.1) is 0 Å². The molecule has 2 nitrogen and oxygen atoms in total. The molecule has 0 amide bonds. The Labute approximate surface area is 117 Å². The maximum atomic E-state index is 5.98. The lowest BCUT2D eigenvalue weighted by molar-refractivity contribution is -0.672. The van der Waals surface area contributed by atoms with Crippen molar-refractivity contribution in [2.45, 2.75) is 19.9 Å². The summed E-state index contributed by atoms with van der Waals surface area (Å²) in [7, 11) is 0. The molecule has 0 saturated carbocycles. The summed E-state index contributed by atoms with van der Waals surface area (Å²) < 4.78 is 5.78. The van der Waals surface area contributed by atoms with E-state index in [1.807, 2.05) is 24.3 Å². The molecule has 0 atom stereocenters. The Balaban J connectivity index is 2.13. The van der Waals surface area contributed by atoms with Crippen LogP contribution in [0.25, 0.3) is 11.3 Å². The van der Waals surface area contributed by atoms with Gasteiger partial charge in [-0.3, -0.25) is 0 Å². The minimum Gasteiger partial charge on any atom is -0.455 e. The van der Waals surface area contributed by atoms with Crippen LogP contribution in [0.4, 0.5) is 0 Å². The predicted octanol–water partition coefficient (Wildman–Crippen LogP) is 3.73. The number of benzene rings is 1. The third-order valence-electron chi connectivity index (χ3n) is 2.65. The van der Waals surface area contributed by atoms with Crippen LogP contribution in [0, 0.1) is 0 Å². The van der Waals surface area contributed by atoms with E-state index in [0.29, 0.717) is 10.0 Å². The maximum Gasteiger partial charge on any atom is 0.158 e. The summed E-state index contributed by atoms with van der Waals surface area (Å²) in [4.78, 5) is 0. The molecule has 0 aliphatic heterocycles. The Morgan fingerprint density at radius 3 is 2.50 bits per heavy atom. The Morgan fingerprint density at radius 2 is 1.83 bits per heavy atom. The van der Waals surface area contributed by atoms with Gasteiger partial charge >= 0.3 is 0 Å². The van der Waals surface area contributed by atoms with Gasteiger partial charge in [-0.25, -0.2) is 0 Å². The molecule has 2 N–H and O–H groups in total. The van der Waals surface area contributed by atoms with Crippen molar-refractivity contribution in [1.82, 2.24) is 0 Å². The monoisotopic (exact) mass is 284 g/mol. The molecular weight excluding hydrogens is 269 g/mol. The highest BCUT2D eigenvalue weighted by atomic mass is 35.5. The van der Waals surface area contributed by atoms with Gasteiger partial charge in [-0.1, -0.05) is 30.1 Å². The van der Waals surface area contributed by atoms with Crippen LogP contribution in [-0.2, 0) is 6.54 Å².